The minimum Gasteiger partial charge on any atom is -0.380 e. The lowest BCUT2D eigenvalue weighted by Gasteiger charge is -2.11. The van der Waals surface area contributed by atoms with Gasteiger partial charge < -0.3 is 10.1 Å². The van der Waals surface area contributed by atoms with Gasteiger partial charge in [-0.05, 0) is 18.6 Å². The molecular formula is C10H15N3O. The molecule has 1 aromatic heterocycles. The predicted octanol–water partition coefficient (Wildman–Crippen LogP) is 0.255. The molecule has 1 atom stereocenters. The summed E-state index contributed by atoms with van der Waals surface area (Å²) in [5.41, 5.74) is 1.05. The largest absolute Gasteiger partial charge is 0.380 e. The van der Waals surface area contributed by atoms with Crippen molar-refractivity contribution in [2.75, 3.05) is 26.3 Å². The van der Waals surface area contributed by atoms with Crippen molar-refractivity contribution in [1.82, 2.24) is 15.5 Å². The Morgan fingerprint density at radius 2 is 2.57 bits per heavy atom. The summed E-state index contributed by atoms with van der Waals surface area (Å²) < 4.78 is 5.47. The Balaban J connectivity index is 1.90. The molecule has 0 bridgehead atoms. The first kappa shape index (κ1) is 9.55. The van der Waals surface area contributed by atoms with E-state index in [1.165, 1.54) is 0 Å². The summed E-state index contributed by atoms with van der Waals surface area (Å²) in [7, 11) is 0. The van der Waals surface area contributed by atoms with Crippen LogP contribution in [0.15, 0.2) is 18.3 Å². The van der Waals surface area contributed by atoms with Crippen molar-refractivity contribution in [3.63, 3.8) is 0 Å². The summed E-state index contributed by atoms with van der Waals surface area (Å²) in [4.78, 5) is 0. The third kappa shape index (κ3) is 2.75. The highest BCUT2D eigenvalue weighted by molar-refractivity contribution is 5.00. The average molecular weight is 193 g/mol. The fourth-order valence-electron chi connectivity index (χ4n) is 1.63. The van der Waals surface area contributed by atoms with E-state index < -0.39 is 0 Å². The molecule has 0 radical (unpaired) electrons. The molecule has 0 aromatic carbocycles. The topological polar surface area (TPSA) is 47.0 Å². The highest BCUT2D eigenvalue weighted by Crippen LogP contribution is 2.07. The summed E-state index contributed by atoms with van der Waals surface area (Å²) in [6, 6.07) is 3.94. The normalized spacial score (nSPS) is 23.0. The molecule has 0 spiro atoms. The van der Waals surface area contributed by atoms with Crippen LogP contribution in [0.5, 0.6) is 0 Å². The molecule has 1 aliphatic heterocycles. The zero-order chi connectivity index (χ0) is 9.64. The first-order valence-electron chi connectivity index (χ1n) is 5.00. The van der Waals surface area contributed by atoms with E-state index in [-0.39, 0.29) is 0 Å². The first-order valence-corrected chi connectivity index (χ1v) is 5.00. The second-order valence-electron chi connectivity index (χ2n) is 3.56. The molecule has 1 fully saturated rings. The number of ether oxygens (including phenoxy) is 1. The maximum Gasteiger partial charge on any atom is 0.0635 e. The van der Waals surface area contributed by atoms with E-state index in [0.29, 0.717) is 5.92 Å². The lowest BCUT2D eigenvalue weighted by molar-refractivity contribution is 0.123. The van der Waals surface area contributed by atoms with E-state index in [2.05, 4.69) is 15.5 Å². The Morgan fingerprint density at radius 3 is 3.43 bits per heavy atom. The van der Waals surface area contributed by atoms with Gasteiger partial charge in [0, 0.05) is 25.2 Å². The molecule has 1 N–H and O–H groups in total. The van der Waals surface area contributed by atoms with E-state index in [0.717, 1.165) is 38.4 Å². The van der Waals surface area contributed by atoms with Gasteiger partial charge in [-0.15, -0.1) is 0 Å². The summed E-state index contributed by atoms with van der Waals surface area (Å²) in [5, 5.41) is 11.3. The van der Waals surface area contributed by atoms with Crippen molar-refractivity contribution in [2.45, 2.75) is 6.42 Å². The van der Waals surface area contributed by atoms with E-state index in [9.17, 15) is 0 Å². The van der Waals surface area contributed by atoms with Crippen LogP contribution in [-0.2, 0) is 11.2 Å². The second-order valence-corrected chi connectivity index (χ2v) is 3.56. The molecule has 2 rings (SSSR count). The standard InChI is InChI=1S/C10H15N3O/c1-2-10(13-12-3-1)6-9-7-11-4-5-14-8-9/h1-3,9,11H,4-8H2/t9-/m0/s1. The van der Waals surface area contributed by atoms with Crippen LogP contribution in [0.4, 0.5) is 0 Å². The lowest BCUT2D eigenvalue weighted by atomic mass is 10.0. The van der Waals surface area contributed by atoms with Crippen molar-refractivity contribution >= 4 is 0 Å². The number of rotatable bonds is 2. The fourth-order valence-corrected chi connectivity index (χ4v) is 1.63. The third-order valence-electron chi connectivity index (χ3n) is 2.34. The van der Waals surface area contributed by atoms with Crippen molar-refractivity contribution in [3.05, 3.63) is 24.0 Å². The molecule has 4 nitrogen and oxygen atoms in total. The molecule has 4 heteroatoms. The SMILES string of the molecule is c1cnnc(C[C@H]2CNCCOC2)c1. The van der Waals surface area contributed by atoms with Gasteiger partial charge in [0.1, 0.15) is 0 Å². The Morgan fingerprint density at radius 1 is 1.57 bits per heavy atom. The molecule has 2 heterocycles. The fraction of sp³-hybridized carbons (Fsp3) is 0.600. The number of nitrogens with zero attached hydrogens (tertiary/aromatic N) is 2. The zero-order valence-electron chi connectivity index (χ0n) is 8.15. The molecular weight excluding hydrogens is 178 g/mol. The molecule has 1 aromatic rings. The van der Waals surface area contributed by atoms with Crippen LogP contribution in [0.3, 0.4) is 0 Å². The molecule has 0 aliphatic carbocycles. The van der Waals surface area contributed by atoms with Gasteiger partial charge in [-0.3, -0.25) is 0 Å². The van der Waals surface area contributed by atoms with Crippen molar-refractivity contribution in [1.29, 1.82) is 0 Å². The lowest BCUT2D eigenvalue weighted by Crippen LogP contribution is -2.24. The maximum absolute atomic E-state index is 5.47. The van der Waals surface area contributed by atoms with Crippen LogP contribution in [0, 0.1) is 5.92 Å². The minimum absolute atomic E-state index is 0.522. The highest BCUT2D eigenvalue weighted by Gasteiger charge is 2.13. The molecule has 0 unspecified atom stereocenters. The van der Waals surface area contributed by atoms with Crippen molar-refractivity contribution < 1.29 is 4.74 Å². The van der Waals surface area contributed by atoms with Crippen LogP contribution in [0.25, 0.3) is 0 Å². The van der Waals surface area contributed by atoms with Gasteiger partial charge in [0.15, 0.2) is 0 Å². The minimum atomic E-state index is 0.522. The van der Waals surface area contributed by atoms with Gasteiger partial charge >= 0.3 is 0 Å². The van der Waals surface area contributed by atoms with Crippen molar-refractivity contribution in [3.8, 4) is 0 Å². The maximum atomic E-state index is 5.47. The van der Waals surface area contributed by atoms with Gasteiger partial charge in [0.2, 0.25) is 0 Å². The van der Waals surface area contributed by atoms with E-state index in [1.807, 2.05) is 12.1 Å². The predicted molar refractivity (Wildman–Crippen MR) is 52.9 cm³/mol. The van der Waals surface area contributed by atoms with Crippen LogP contribution < -0.4 is 5.32 Å². The highest BCUT2D eigenvalue weighted by atomic mass is 16.5. The Bertz CT molecular complexity index is 257. The summed E-state index contributed by atoms with van der Waals surface area (Å²) in [5.74, 6) is 0.522. The second kappa shape index (κ2) is 5.02. The van der Waals surface area contributed by atoms with Gasteiger partial charge in [-0.25, -0.2) is 0 Å². The summed E-state index contributed by atoms with van der Waals surface area (Å²) in [6.45, 7) is 3.61. The molecule has 14 heavy (non-hydrogen) atoms. The Hall–Kier alpha value is -1.00. The zero-order valence-corrected chi connectivity index (χ0v) is 8.15. The Labute approximate surface area is 83.7 Å². The molecule has 0 amide bonds. The van der Waals surface area contributed by atoms with E-state index in [4.69, 9.17) is 4.74 Å². The van der Waals surface area contributed by atoms with E-state index in [1.54, 1.807) is 6.20 Å². The van der Waals surface area contributed by atoms with Crippen molar-refractivity contribution in [2.24, 2.45) is 5.92 Å². The van der Waals surface area contributed by atoms with Gasteiger partial charge in [0.25, 0.3) is 0 Å². The third-order valence-corrected chi connectivity index (χ3v) is 2.34. The van der Waals surface area contributed by atoms with Gasteiger partial charge in [-0.1, -0.05) is 0 Å². The molecule has 1 saturated heterocycles. The summed E-state index contributed by atoms with van der Waals surface area (Å²) >= 11 is 0. The van der Waals surface area contributed by atoms with Crippen LogP contribution >= 0.6 is 0 Å². The molecule has 76 valence electrons. The van der Waals surface area contributed by atoms with Crippen LogP contribution in [0.2, 0.25) is 0 Å². The van der Waals surface area contributed by atoms with Gasteiger partial charge in [-0.2, -0.15) is 10.2 Å². The van der Waals surface area contributed by atoms with Crippen LogP contribution in [0.1, 0.15) is 5.69 Å². The van der Waals surface area contributed by atoms with E-state index >= 15 is 0 Å². The average Bonchev–Trinajstić information content (AvgIpc) is 2.48. The number of hydrogen-bond acceptors (Lipinski definition) is 4. The van der Waals surface area contributed by atoms with Gasteiger partial charge in [0.05, 0.1) is 18.9 Å². The monoisotopic (exact) mass is 193 g/mol. The summed E-state index contributed by atoms with van der Waals surface area (Å²) in [6.07, 6.45) is 2.65. The number of nitrogens with one attached hydrogen (secondary N) is 1. The smallest absolute Gasteiger partial charge is 0.0635 e. The first-order chi connectivity index (χ1) is 6.95. The quantitative estimate of drug-likeness (QED) is 0.731. The molecule has 1 aliphatic rings. The molecule has 0 saturated carbocycles. The number of hydrogen-bond donors (Lipinski definition) is 1. The van der Waals surface area contributed by atoms with Crippen LogP contribution in [-0.4, -0.2) is 36.5 Å². The number of aromatic nitrogens is 2. The Kier molecular flexibility index (Phi) is 3.43.